The summed E-state index contributed by atoms with van der Waals surface area (Å²) in [6, 6.07) is 5.16. The molecule has 2 aliphatic rings. The zero-order valence-electron chi connectivity index (χ0n) is 13.6. The van der Waals surface area contributed by atoms with E-state index < -0.39 is 11.9 Å². The number of amides is 1. The number of para-hydroxylation sites is 1. The van der Waals surface area contributed by atoms with Crippen LogP contribution < -0.4 is 14.8 Å². The maximum atomic E-state index is 12.5. The van der Waals surface area contributed by atoms with Crippen molar-refractivity contribution in [3.8, 4) is 11.5 Å². The smallest absolute Gasteiger partial charge is 0.308 e. The molecule has 1 aliphatic carbocycles. The SMILES string of the molecule is O=C(NCC(C(=O)O)C1CCCCC1)c1cccc2c1OCCO2. The van der Waals surface area contributed by atoms with E-state index in [0.29, 0.717) is 30.3 Å². The monoisotopic (exact) mass is 333 g/mol. The molecule has 24 heavy (non-hydrogen) atoms. The van der Waals surface area contributed by atoms with Crippen LogP contribution in [0, 0.1) is 11.8 Å². The van der Waals surface area contributed by atoms with Crippen molar-refractivity contribution in [2.24, 2.45) is 11.8 Å². The molecule has 1 heterocycles. The molecule has 0 spiro atoms. The average Bonchev–Trinajstić information content (AvgIpc) is 2.62. The van der Waals surface area contributed by atoms with Crippen molar-refractivity contribution < 1.29 is 24.2 Å². The van der Waals surface area contributed by atoms with Gasteiger partial charge in [-0.25, -0.2) is 0 Å². The summed E-state index contributed by atoms with van der Waals surface area (Å²) in [5.74, 6) is -0.565. The lowest BCUT2D eigenvalue weighted by molar-refractivity contribution is -0.143. The highest BCUT2D eigenvalue weighted by Crippen LogP contribution is 2.34. The summed E-state index contributed by atoms with van der Waals surface area (Å²) in [4.78, 5) is 24.1. The van der Waals surface area contributed by atoms with Crippen LogP contribution in [0.5, 0.6) is 11.5 Å². The molecule has 1 saturated carbocycles. The molecule has 1 amide bonds. The number of aliphatic carboxylic acids is 1. The Hall–Kier alpha value is -2.24. The zero-order chi connectivity index (χ0) is 16.9. The molecule has 6 heteroatoms. The molecule has 0 aromatic heterocycles. The first-order valence-electron chi connectivity index (χ1n) is 8.56. The second-order valence-corrected chi connectivity index (χ2v) is 6.38. The Morgan fingerprint density at radius 2 is 1.92 bits per heavy atom. The number of carbonyl (C=O) groups excluding carboxylic acids is 1. The zero-order valence-corrected chi connectivity index (χ0v) is 13.6. The van der Waals surface area contributed by atoms with Crippen LogP contribution in [0.2, 0.25) is 0 Å². The summed E-state index contributed by atoms with van der Waals surface area (Å²) in [5, 5.41) is 12.3. The van der Waals surface area contributed by atoms with Crippen LogP contribution in [0.4, 0.5) is 0 Å². The summed E-state index contributed by atoms with van der Waals surface area (Å²) >= 11 is 0. The van der Waals surface area contributed by atoms with Gasteiger partial charge in [0.15, 0.2) is 11.5 Å². The van der Waals surface area contributed by atoms with Crippen LogP contribution in [0.3, 0.4) is 0 Å². The summed E-state index contributed by atoms with van der Waals surface area (Å²) < 4.78 is 11.0. The second-order valence-electron chi connectivity index (χ2n) is 6.38. The third-order valence-electron chi connectivity index (χ3n) is 4.83. The van der Waals surface area contributed by atoms with Gasteiger partial charge >= 0.3 is 5.97 Å². The molecule has 3 rings (SSSR count). The van der Waals surface area contributed by atoms with E-state index >= 15 is 0 Å². The molecule has 1 unspecified atom stereocenters. The maximum absolute atomic E-state index is 12.5. The Kier molecular flexibility index (Phi) is 5.23. The van der Waals surface area contributed by atoms with Crippen LogP contribution >= 0.6 is 0 Å². The number of rotatable bonds is 5. The van der Waals surface area contributed by atoms with Crippen molar-refractivity contribution in [1.82, 2.24) is 5.32 Å². The van der Waals surface area contributed by atoms with Gasteiger partial charge in [-0.3, -0.25) is 9.59 Å². The summed E-state index contributed by atoms with van der Waals surface area (Å²) in [6.07, 6.45) is 5.15. The number of nitrogens with one attached hydrogen (secondary N) is 1. The van der Waals surface area contributed by atoms with Gasteiger partial charge in [0.05, 0.1) is 11.5 Å². The number of ether oxygens (including phenoxy) is 2. The van der Waals surface area contributed by atoms with E-state index in [0.717, 1.165) is 25.7 Å². The van der Waals surface area contributed by atoms with E-state index in [1.165, 1.54) is 6.42 Å². The lowest BCUT2D eigenvalue weighted by atomic mass is 9.80. The summed E-state index contributed by atoms with van der Waals surface area (Å²) in [6.45, 7) is 1.00. The molecule has 6 nitrogen and oxygen atoms in total. The van der Waals surface area contributed by atoms with Gasteiger partial charge in [-0.05, 0) is 30.9 Å². The van der Waals surface area contributed by atoms with Gasteiger partial charge in [0.25, 0.3) is 5.91 Å². The number of hydrogen-bond acceptors (Lipinski definition) is 4. The third-order valence-corrected chi connectivity index (χ3v) is 4.83. The predicted octanol–water partition coefficient (Wildman–Crippen LogP) is 2.47. The largest absolute Gasteiger partial charge is 0.486 e. The van der Waals surface area contributed by atoms with E-state index in [9.17, 15) is 14.7 Å². The fourth-order valence-electron chi connectivity index (χ4n) is 3.54. The fraction of sp³-hybridized carbons (Fsp3) is 0.556. The maximum Gasteiger partial charge on any atom is 0.308 e. The van der Waals surface area contributed by atoms with Crippen molar-refractivity contribution >= 4 is 11.9 Å². The van der Waals surface area contributed by atoms with Gasteiger partial charge in [-0.1, -0.05) is 25.3 Å². The number of carbonyl (C=O) groups is 2. The Morgan fingerprint density at radius 3 is 2.67 bits per heavy atom. The van der Waals surface area contributed by atoms with Crippen LogP contribution in [-0.4, -0.2) is 36.7 Å². The standard InChI is InChI=1S/C18H23NO5/c20-17(13-7-4-8-15-16(13)24-10-9-23-15)19-11-14(18(21)22)12-5-2-1-3-6-12/h4,7-8,12,14H,1-3,5-6,9-11H2,(H,19,20)(H,21,22). The molecule has 1 fully saturated rings. The Labute approximate surface area is 141 Å². The molecule has 2 N–H and O–H groups in total. The number of fused-ring (bicyclic) bond motifs is 1. The minimum absolute atomic E-state index is 0.140. The Bertz CT molecular complexity index is 609. The highest BCUT2D eigenvalue weighted by atomic mass is 16.6. The lowest BCUT2D eigenvalue weighted by Gasteiger charge is -2.27. The predicted molar refractivity (Wildman–Crippen MR) is 87.5 cm³/mol. The fourth-order valence-corrected chi connectivity index (χ4v) is 3.54. The van der Waals surface area contributed by atoms with Crippen molar-refractivity contribution in [3.05, 3.63) is 23.8 Å². The van der Waals surface area contributed by atoms with Crippen molar-refractivity contribution in [1.29, 1.82) is 0 Å². The highest BCUT2D eigenvalue weighted by Gasteiger charge is 2.30. The minimum Gasteiger partial charge on any atom is -0.486 e. The number of benzene rings is 1. The molecule has 0 saturated heterocycles. The molecular formula is C18H23NO5. The normalized spacial score (nSPS) is 18.7. The molecular weight excluding hydrogens is 310 g/mol. The van der Waals surface area contributed by atoms with Crippen LogP contribution in [-0.2, 0) is 4.79 Å². The molecule has 0 bridgehead atoms. The van der Waals surface area contributed by atoms with Gasteiger partial charge in [0.1, 0.15) is 13.2 Å². The van der Waals surface area contributed by atoms with Crippen molar-refractivity contribution in [3.63, 3.8) is 0 Å². The third kappa shape index (κ3) is 3.63. The van der Waals surface area contributed by atoms with Gasteiger partial charge in [0.2, 0.25) is 0 Å². The van der Waals surface area contributed by atoms with Gasteiger partial charge in [0, 0.05) is 6.54 Å². The summed E-state index contributed by atoms with van der Waals surface area (Å²) in [5.41, 5.74) is 0.389. The highest BCUT2D eigenvalue weighted by molar-refractivity contribution is 5.98. The first-order chi connectivity index (χ1) is 11.7. The van der Waals surface area contributed by atoms with Gasteiger partial charge in [-0.15, -0.1) is 0 Å². The molecule has 1 aromatic carbocycles. The van der Waals surface area contributed by atoms with E-state index in [1.54, 1.807) is 18.2 Å². The molecule has 1 aliphatic heterocycles. The number of hydrogen-bond donors (Lipinski definition) is 2. The molecule has 1 aromatic rings. The van der Waals surface area contributed by atoms with Crippen LogP contribution in [0.25, 0.3) is 0 Å². The van der Waals surface area contributed by atoms with Gasteiger partial charge < -0.3 is 19.9 Å². The Balaban J connectivity index is 1.67. The molecule has 1 atom stereocenters. The average molecular weight is 333 g/mol. The number of carboxylic acid groups (broad SMARTS) is 1. The topological polar surface area (TPSA) is 84.9 Å². The minimum atomic E-state index is -0.836. The van der Waals surface area contributed by atoms with Crippen LogP contribution in [0.1, 0.15) is 42.5 Å². The van der Waals surface area contributed by atoms with Crippen molar-refractivity contribution in [2.75, 3.05) is 19.8 Å². The Morgan fingerprint density at radius 1 is 1.17 bits per heavy atom. The lowest BCUT2D eigenvalue weighted by Crippen LogP contribution is -2.38. The number of carboxylic acids is 1. The second kappa shape index (κ2) is 7.55. The molecule has 0 radical (unpaired) electrons. The van der Waals surface area contributed by atoms with E-state index in [1.807, 2.05) is 0 Å². The van der Waals surface area contributed by atoms with Crippen molar-refractivity contribution in [2.45, 2.75) is 32.1 Å². The first kappa shape index (κ1) is 16.6. The quantitative estimate of drug-likeness (QED) is 0.865. The molecule has 130 valence electrons. The van der Waals surface area contributed by atoms with E-state index in [2.05, 4.69) is 5.32 Å². The van der Waals surface area contributed by atoms with E-state index in [4.69, 9.17) is 9.47 Å². The van der Waals surface area contributed by atoms with E-state index in [-0.39, 0.29) is 18.4 Å². The summed E-state index contributed by atoms with van der Waals surface area (Å²) in [7, 11) is 0. The first-order valence-corrected chi connectivity index (χ1v) is 8.56. The van der Waals surface area contributed by atoms with Gasteiger partial charge in [-0.2, -0.15) is 0 Å². The van der Waals surface area contributed by atoms with Crippen LogP contribution in [0.15, 0.2) is 18.2 Å².